The van der Waals surface area contributed by atoms with Gasteiger partial charge in [-0.25, -0.2) is 0 Å². The van der Waals surface area contributed by atoms with Gasteiger partial charge in [0, 0.05) is 17.2 Å². The summed E-state index contributed by atoms with van der Waals surface area (Å²) in [4.78, 5) is 10.7. The minimum Gasteiger partial charge on any atom is -0.504 e. The van der Waals surface area contributed by atoms with E-state index in [4.69, 9.17) is 10.5 Å². The summed E-state index contributed by atoms with van der Waals surface area (Å²) in [5.74, 6) is 5.55. The van der Waals surface area contributed by atoms with Crippen LogP contribution < -0.4 is 10.5 Å². The van der Waals surface area contributed by atoms with E-state index < -0.39 is 0 Å². The second-order valence-electron chi connectivity index (χ2n) is 2.74. The second kappa shape index (κ2) is 5.03. The predicted octanol–water partition coefficient (Wildman–Crippen LogP) is 0.524. The summed E-state index contributed by atoms with van der Waals surface area (Å²) in [7, 11) is 1.43. The van der Waals surface area contributed by atoms with Crippen molar-refractivity contribution in [1.82, 2.24) is 0 Å². The molecule has 1 aromatic carbocycles. The van der Waals surface area contributed by atoms with Gasteiger partial charge in [-0.15, -0.1) is 0 Å². The number of methoxy groups -OCH3 is 1. The second-order valence-corrected chi connectivity index (χ2v) is 2.74. The molecule has 0 aromatic heterocycles. The number of hydrogen-bond acceptors (Lipinski definition) is 4. The Morgan fingerprint density at radius 3 is 2.87 bits per heavy atom. The minimum atomic E-state index is -0.0853. The van der Waals surface area contributed by atoms with E-state index in [1.807, 2.05) is 0 Å². The number of aromatic hydroxyl groups is 1. The molecule has 1 rings (SSSR count). The Kier molecular flexibility index (Phi) is 3.72. The molecule has 15 heavy (non-hydrogen) atoms. The Labute approximate surface area is 87.7 Å². The first-order valence-corrected chi connectivity index (χ1v) is 4.28. The van der Waals surface area contributed by atoms with Gasteiger partial charge < -0.3 is 15.6 Å². The van der Waals surface area contributed by atoms with Crippen molar-refractivity contribution in [3.63, 3.8) is 0 Å². The van der Waals surface area contributed by atoms with Crippen molar-refractivity contribution >= 4 is 6.29 Å². The molecule has 0 heterocycles. The van der Waals surface area contributed by atoms with Gasteiger partial charge in [-0.1, -0.05) is 11.8 Å². The van der Waals surface area contributed by atoms with Crippen LogP contribution in [0.1, 0.15) is 15.9 Å². The largest absolute Gasteiger partial charge is 0.504 e. The zero-order valence-electron chi connectivity index (χ0n) is 8.28. The van der Waals surface area contributed by atoms with Gasteiger partial charge in [-0.05, 0) is 6.07 Å². The molecule has 0 atom stereocenters. The van der Waals surface area contributed by atoms with E-state index in [1.165, 1.54) is 19.2 Å². The van der Waals surface area contributed by atoms with Crippen molar-refractivity contribution < 1.29 is 14.6 Å². The molecule has 4 heteroatoms. The van der Waals surface area contributed by atoms with E-state index in [0.717, 1.165) is 0 Å². The molecule has 0 aliphatic heterocycles. The zero-order chi connectivity index (χ0) is 11.3. The first kappa shape index (κ1) is 11.1. The fourth-order valence-corrected chi connectivity index (χ4v) is 1.10. The van der Waals surface area contributed by atoms with E-state index >= 15 is 0 Å². The number of carbonyl (C=O) groups excluding carboxylic acids is 1. The smallest absolute Gasteiger partial charge is 0.161 e. The lowest BCUT2D eigenvalue weighted by molar-refractivity contribution is 0.112. The molecule has 0 bridgehead atoms. The van der Waals surface area contributed by atoms with Crippen molar-refractivity contribution in [3.05, 3.63) is 23.3 Å². The number of phenols is 1. The SMILES string of the molecule is COc1cc(C#CCN)c(C=O)cc1O. The number of phenolic OH excluding ortho intramolecular Hbond substituents is 1. The van der Waals surface area contributed by atoms with Crippen LogP contribution in [0, 0.1) is 11.8 Å². The van der Waals surface area contributed by atoms with Gasteiger partial charge >= 0.3 is 0 Å². The maximum atomic E-state index is 10.7. The molecule has 0 aliphatic rings. The maximum Gasteiger partial charge on any atom is 0.161 e. The third-order valence-corrected chi connectivity index (χ3v) is 1.80. The molecule has 3 N–H and O–H groups in total. The van der Waals surface area contributed by atoms with Gasteiger partial charge in [0.05, 0.1) is 13.7 Å². The number of ether oxygens (including phenoxy) is 1. The third-order valence-electron chi connectivity index (χ3n) is 1.80. The molecule has 1 aromatic rings. The fourth-order valence-electron chi connectivity index (χ4n) is 1.10. The standard InChI is InChI=1S/C11H11NO3/c1-15-11-6-8(3-2-4-12)9(7-13)5-10(11)14/h5-7,14H,4,12H2,1H3. The Morgan fingerprint density at radius 2 is 2.33 bits per heavy atom. The van der Waals surface area contributed by atoms with Crippen LogP contribution in [-0.4, -0.2) is 25.0 Å². The van der Waals surface area contributed by atoms with Crippen molar-refractivity contribution in [2.45, 2.75) is 0 Å². The van der Waals surface area contributed by atoms with Crippen LogP contribution in [0.25, 0.3) is 0 Å². The Bertz CT molecular complexity index is 429. The summed E-state index contributed by atoms with van der Waals surface area (Å²) in [6.45, 7) is 0.210. The topological polar surface area (TPSA) is 72.5 Å². The number of hydrogen-bond donors (Lipinski definition) is 2. The predicted molar refractivity (Wildman–Crippen MR) is 56.0 cm³/mol. The number of nitrogens with two attached hydrogens (primary N) is 1. The molecule has 0 saturated heterocycles. The van der Waals surface area contributed by atoms with Crippen molar-refractivity contribution in [3.8, 4) is 23.3 Å². The number of rotatable bonds is 2. The average Bonchev–Trinajstić information content (AvgIpc) is 2.26. The fraction of sp³-hybridized carbons (Fsp3) is 0.182. The summed E-state index contributed by atoms with van der Waals surface area (Å²) < 4.78 is 4.90. The highest BCUT2D eigenvalue weighted by atomic mass is 16.5. The lowest BCUT2D eigenvalue weighted by atomic mass is 10.1. The van der Waals surface area contributed by atoms with Gasteiger partial charge in [-0.3, -0.25) is 4.79 Å². The van der Waals surface area contributed by atoms with Gasteiger partial charge in [0.25, 0.3) is 0 Å². The van der Waals surface area contributed by atoms with E-state index in [0.29, 0.717) is 17.4 Å². The molecule has 0 amide bonds. The van der Waals surface area contributed by atoms with Crippen LogP contribution in [0.5, 0.6) is 11.5 Å². The lowest BCUT2D eigenvalue weighted by Gasteiger charge is -2.05. The highest BCUT2D eigenvalue weighted by Gasteiger charge is 2.07. The quantitative estimate of drug-likeness (QED) is 0.545. The van der Waals surface area contributed by atoms with Crippen LogP contribution in [0.3, 0.4) is 0 Å². The Morgan fingerprint density at radius 1 is 1.60 bits per heavy atom. The first-order valence-electron chi connectivity index (χ1n) is 4.28. The molecular formula is C11H11NO3. The highest BCUT2D eigenvalue weighted by Crippen LogP contribution is 2.28. The molecule has 0 fully saturated rings. The van der Waals surface area contributed by atoms with Crippen molar-refractivity contribution in [1.29, 1.82) is 0 Å². The van der Waals surface area contributed by atoms with Gasteiger partial charge in [0.15, 0.2) is 17.8 Å². The average molecular weight is 205 g/mol. The number of benzene rings is 1. The third kappa shape index (κ3) is 2.48. The number of aldehydes is 1. The molecule has 0 aliphatic carbocycles. The normalized spacial score (nSPS) is 8.93. The van der Waals surface area contributed by atoms with E-state index in [1.54, 1.807) is 0 Å². The summed E-state index contributed by atoms with van der Waals surface area (Å²) in [5.41, 5.74) is 6.03. The Balaban J connectivity index is 3.28. The van der Waals surface area contributed by atoms with Gasteiger partial charge in [0.1, 0.15) is 0 Å². The van der Waals surface area contributed by atoms with Crippen molar-refractivity contribution in [2.75, 3.05) is 13.7 Å². The molecule has 0 radical (unpaired) electrons. The Hall–Kier alpha value is -1.99. The van der Waals surface area contributed by atoms with Crippen LogP contribution in [0.4, 0.5) is 0 Å². The summed E-state index contributed by atoms with van der Waals surface area (Å²) in [5, 5.41) is 9.42. The zero-order valence-corrected chi connectivity index (χ0v) is 8.28. The van der Waals surface area contributed by atoms with Crippen molar-refractivity contribution in [2.24, 2.45) is 5.73 Å². The van der Waals surface area contributed by atoms with Crippen LogP contribution >= 0.6 is 0 Å². The van der Waals surface area contributed by atoms with Gasteiger partial charge in [0.2, 0.25) is 0 Å². The van der Waals surface area contributed by atoms with E-state index in [2.05, 4.69) is 11.8 Å². The highest BCUT2D eigenvalue weighted by molar-refractivity contribution is 5.81. The van der Waals surface area contributed by atoms with Crippen LogP contribution in [0.15, 0.2) is 12.1 Å². The lowest BCUT2D eigenvalue weighted by Crippen LogP contribution is -1.95. The molecule has 4 nitrogen and oxygen atoms in total. The molecule has 0 unspecified atom stereocenters. The maximum absolute atomic E-state index is 10.7. The molecule has 0 spiro atoms. The molecule has 0 saturated carbocycles. The summed E-state index contributed by atoms with van der Waals surface area (Å²) >= 11 is 0. The molecule has 78 valence electrons. The van der Waals surface area contributed by atoms with Crippen LogP contribution in [-0.2, 0) is 0 Å². The monoisotopic (exact) mass is 205 g/mol. The summed E-state index contributed by atoms with van der Waals surface area (Å²) in [6.07, 6.45) is 0.625. The summed E-state index contributed by atoms with van der Waals surface area (Å²) in [6, 6.07) is 2.81. The minimum absolute atomic E-state index is 0.0853. The first-order chi connectivity index (χ1) is 7.22. The number of carbonyl (C=O) groups is 1. The van der Waals surface area contributed by atoms with E-state index in [9.17, 15) is 9.90 Å². The molecular weight excluding hydrogens is 194 g/mol. The van der Waals surface area contributed by atoms with Gasteiger partial charge in [-0.2, -0.15) is 0 Å². The van der Waals surface area contributed by atoms with E-state index in [-0.39, 0.29) is 18.0 Å². The van der Waals surface area contributed by atoms with Crippen LogP contribution in [0.2, 0.25) is 0 Å².